The summed E-state index contributed by atoms with van der Waals surface area (Å²) in [6, 6.07) is 8.07. The van der Waals surface area contributed by atoms with Crippen LogP contribution in [0.5, 0.6) is 0 Å². The van der Waals surface area contributed by atoms with E-state index in [9.17, 15) is 8.42 Å². The summed E-state index contributed by atoms with van der Waals surface area (Å²) in [5.74, 6) is 0.761. The van der Waals surface area contributed by atoms with Gasteiger partial charge in [0, 0.05) is 13.7 Å². The van der Waals surface area contributed by atoms with Crippen molar-refractivity contribution in [2.45, 2.75) is 43.2 Å². The van der Waals surface area contributed by atoms with Crippen molar-refractivity contribution in [2.75, 3.05) is 13.7 Å². The van der Waals surface area contributed by atoms with Crippen molar-refractivity contribution in [3.8, 4) is 0 Å². The molecule has 2 aromatic rings. The molecule has 3 rings (SSSR count). The number of sulfonamides is 1. The highest BCUT2D eigenvalue weighted by molar-refractivity contribution is 7.89. The molecule has 1 saturated heterocycles. The summed E-state index contributed by atoms with van der Waals surface area (Å²) in [6.45, 7) is 0.668. The Morgan fingerprint density at radius 2 is 2.04 bits per heavy atom. The lowest BCUT2D eigenvalue weighted by atomic mass is 10.1. The van der Waals surface area contributed by atoms with E-state index in [-0.39, 0.29) is 11.5 Å². The Balaban J connectivity index is 1.95. The third-order valence-corrected chi connectivity index (χ3v) is 6.03. The molecule has 1 atom stereocenters. The largest absolute Gasteiger partial charge is 0.375 e. The predicted molar refractivity (Wildman–Crippen MR) is 86.6 cm³/mol. The first kappa shape index (κ1) is 17.1. The zero-order valence-electron chi connectivity index (χ0n) is 13.6. The van der Waals surface area contributed by atoms with E-state index in [4.69, 9.17) is 9.26 Å². The van der Waals surface area contributed by atoms with Gasteiger partial charge in [0.2, 0.25) is 10.0 Å². The molecule has 1 aliphatic heterocycles. The van der Waals surface area contributed by atoms with Crippen LogP contribution < -0.4 is 0 Å². The van der Waals surface area contributed by atoms with Gasteiger partial charge >= 0.3 is 0 Å². The Kier molecular flexibility index (Phi) is 5.27. The first-order valence-corrected chi connectivity index (χ1v) is 9.45. The highest BCUT2D eigenvalue weighted by Crippen LogP contribution is 2.33. The predicted octanol–water partition coefficient (Wildman–Crippen LogP) is 2.52. The Bertz CT molecular complexity index is 761. The van der Waals surface area contributed by atoms with E-state index in [1.165, 1.54) is 4.31 Å². The Hall–Kier alpha value is -1.77. The minimum atomic E-state index is -3.61. The lowest BCUT2D eigenvalue weighted by Crippen LogP contribution is -2.35. The van der Waals surface area contributed by atoms with E-state index in [2.05, 4.69) is 10.1 Å². The average molecular weight is 351 g/mol. The fourth-order valence-electron chi connectivity index (χ4n) is 2.94. The summed E-state index contributed by atoms with van der Waals surface area (Å²) in [4.78, 5) is 4.60. The van der Waals surface area contributed by atoms with Crippen LogP contribution in [-0.4, -0.2) is 36.5 Å². The zero-order chi connectivity index (χ0) is 17.0. The fraction of sp³-hybridized carbons (Fsp3) is 0.500. The first-order chi connectivity index (χ1) is 11.6. The lowest BCUT2D eigenvalue weighted by Gasteiger charge is -2.26. The third-order valence-electron chi connectivity index (χ3n) is 4.10. The van der Waals surface area contributed by atoms with Crippen LogP contribution in [0.3, 0.4) is 0 Å². The molecule has 0 bridgehead atoms. The van der Waals surface area contributed by atoms with Crippen molar-refractivity contribution in [2.24, 2.45) is 0 Å². The minimum Gasteiger partial charge on any atom is -0.375 e. The van der Waals surface area contributed by atoms with Crippen LogP contribution in [-0.2, 0) is 21.4 Å². The lowest BCUT2D eigenvalue weighted by molar-refractivity contribution is 0.151. The van der Waals surface area contributed by atoms with Gasteiger partial charge in [0.25, 0.3) is 5.89 Å². The van der Waals surface area contributed by atoms with Crippen LogP contribution in [0.2, 0.25) is 0 Å². The normalized spacial score (nSPS) is 20.0. The summed E-state index contributed by atoms with van der Waals surface area (Å²) in [7, 11) is -2.06. The van der Waals surface area contributed by atoms with Gasteiger partial charge in [-0.15, -0.1) is 0 Å². The van der Waals surface area contributed by atoms with Gasteiger partial charge in [-0.2, -0.15) is 9.29 Å². The summed E-state index contributed by atoms with van der Waals surface area (Å²) in [6.07, 6.45) is 3.42. The van der Waals surface area contributed by atoms with Gasteiger partial charge < -0.3 is 9.26 Å². The zero-order valence-corrected chi connectivity index (χ0v) is 14.4. The van der Waals surface area contributed by atoms with Crippen LogP contribution in [0.1, 0.15) is 43.4 Å². The van der Waals surface area contributed by atoms with Gasteiger partial charge in [-0.05, 0) is 25.0 Å². The fourth-order valence-corrected chi connectivity index (χ4v) is 4.62. The Labute approximate surface area is 141 Å². The molecule has 1 aromatic carbocycles. The molecule has 1 fully saturated rings. The van der Waals surface area contributed by atoms with E-state index in [0.29, 0.717) is 24.7 Å². The van der Waals surface area contributed by atoms with Gasteiger partial charge in [0.05, 0.1) is 10.9 Å². The topological polar surface area (TPSA) is 85.5 Å². The number of rotatable bonds is 5. The smallest absolute Gasteiger partial charge is 0.252 e. The number of nitrogens with zero attached hydrogens (tertiary/aromatic N) is 3. The number of methoxy groups -OCH3 is 1. The highest BCUT2D eigenvalue weighted by Gasteiger charge is 2.35. The molecular weight excluding hydrogens is 330 g/mol. The number of ether oxygens (including phenoxy) is 1. The van der Waals surface area contributed by atoms with Crippen LogP contribution in [0.4, 0.5) is 0 Å². The van der Waals surface area contributed by atoms with Crippen LogP contribution in [0, 0.1) is 0 Å². The van der Waals surface area contributed by atoms with Crippen LogP contribution in [0.25, 0.3) is 0 Å². The molecule has 0 aliphatic carbocycles. The van der Waals surface area contributed by atoms with Gasteiger partial charge in [-0.25, -0.2) is 8.42 Å². The summed E-state index contributed by atoms with van der Waals surface area (Å²) >= 11 is 0. The number of hydrogen-bond acceptors (Lipinski definition) is 6. The van der Waals surface area contributed by atoms with Gasteiger partial charge in [-0.1, -0.05) is 36.2 Å². The molecule has 1 unspecified atom stereocenters. The van der Waals surface area contributed by atoms with E-state index in [1.54, 1.807) is 37.4 Å². The molecule has 24 heavy (non-hydrogen) atoms. The maximum atomic E-state index is 13.1. The highest BCUT2D eigenvalue weighted by atomic mass is 32.2. The Morgan fingerprint density at radius 3 is 2.79 bits per heavy atom. The molecular formula is C16H21N3O4S. The summed E-state index contributed by atoms with van der Waals surface area (Å²) in [5, 5.41) is 3.99. The third kappa shape index (κ3) is 3.50. The molecule has 0 radical (unpaired) electrons. The van der Waals surface area contributed by atoms with Gasteiger partial charge in [0.15, 0.2) is 5.82 Å². The van der Waals surface area contributed by atoms with Crippen molar-refractivity contribution in [1.29, 1.82) is 0 Å². The molecule has 8 heteroatoms. The second kappa shape index (κ2) is 7.42. The van der Waals surface area contributed by atoms with E-state index < -0.39 is 16.1 Å². The van der Waals surface area contributed by atoms with E-state index >= 15 is 0 Å². The van der Waals surface area contributed by atoms with Crippen LogP contribution in [0.15, 0.2) is 39.8 Å². The molecule has 1 aromatic heterocycles. The molecule has 0 amide bonds. The monoisotopic (exact) mass is 351 g/mol. The number of aromatic nitrogens is 2. The molecule has 7 nitrogen and oxygen atoms in total. The second-order valence-corrected chi connectivity index (χ2v) is 7.66. The van der Waals surface area contributed by atoms with Crippen LogP contribution >= 0.6 is 0 Å². The summed E-state index contributed by atoms with van der Waals surface area (Å²) in [5.41, 5.74) is 0. The Morgan fingerprint density at radius 1 is 1.25 bits per heavy atom. The maximum Gasteiger partial charge on any atom is 0.252 e. The van der Waals surface area contributed by atoms with Gasteiger partial charge in [0.1, 0.15) is 6.61 Å². The second-order valence-electron chi connectivity index (χ2n) is 5.77. The van der Waals surface area contributed by atoms with E-state index in [0.717, 1.165) is 19.3 Å². The van der Waals surface area contributed by atoms with Crippen molar-refractivity contribution in [3.63, 3.8) is 0 Å². The molecule has 1 aliphatic rings. The van der Waals surface area contributed by atoms with Crippen molar-refractivity contribution >= 4 is 10.0 Å². The average Bonchev–Trinajstić information content (AvgIpc) is 2.91. The van der Waals surface area contributed by atoms with Crippen molar-refractivity contribution in [1.82, 2.24) is 14.4 Å². The van der Waals surface area contributed by atoms with Crippen molar-refractivity contribution < 1.29 is 17.7 Å². The van der Waals surface area contributed by atoms with E-state index in [1.807, 2.05) is 0 Å². The molecule has 0 N–H and O–H groups in total. The molecule has 130 valence electrons. The van der Waals surface area contributed by atoms with Gasteiger partial charge in [-0.3, -0.25) is 0 Å². The van der Waals surface area contributed by atoms with Crippen molar-refractivity contribution in [3.05, 3.63) is 42.0 Å². The SMILES string of the molecule is COCc1nc(C2CCCCCN2S(=O)(=O)c2ccccc2)no1. The number of hydrogen-bond donors (Lipinski definition) is 0. The standard InChI is InChI=1S/C16H21N3O4S/c1-22-12-15-17-16(18-23-15)14-10-6-3-7-11-19(14)24(20,21)13-8-4-2-5-9-13/h2,4-5,8-9,14H,3,6-7,10-12H2,1H3. The first-order valence-electron chi connectivity index (χ1n) is 8.01. The molecule has 2 heterocycles. The summed E-state index contributed by atoms with van der Waals surface area (Å²) < 4.78 is 37.8. The molecule has 0 spiro atoms. The maximum absolute atomic E-state index is 13.1. The quantitative estimate of drug-likeness (QED) is 0.823. The molecule has 0 saturated carbocycles. The number of benzene rings is 1. The minimum absolute atomic E-state index is 0.213.